The van der Waals surface area contributed by atoms with E-state index in [1.165, 1.54) is 0 Å². The number of aliphatic imine (C=N–C) groups is 2. The van der Waals surface area contributed by atoms with E-state index in [0.29, 0.717) is 90.0 Å². The van der Waals surface area contributed by atoms with Crippen LogP contribution >= 0.6 is 7.14 Å². The highest BCUT2D eigenvalue weighted by atomic mass is 32.8. The number of benzene rings is 2. The number of amides is 2. The first-order chi connectivity index (χ1) is 24.2. The maximum atomic E-state index is 14.3. The summed E-state index contributed by atoms with van der Waals surface area (Å²) >= 11 is 5.40. The molecule has 14 heteroatoms. The Morgan fingerprint density at radius 1 is 0.760 bits per heavy atom. The van der Waals surface area contributed by atoms with Crippen LogP contribution in [0.2, 0.25) is 0 Å². The molecule has 0 bridgehead atoms. The van der Waals surface area contributed by atoms with Crippen LogP contribution in [-0.2, 0) is 25.2 Å². The van der Waals surface area contributed by atoms with Crippen molar-refractivity contribution in [3.05, 3.63) is 35.4 Å². The lowest BCUT2D eigenvalue weighted by molar-refractivity contribution is 0.0766. The fourth-order valence-electron chi connectivity index (χ4n) is 7.20. The summed E-state index contributed by atoms with van der Waals surface area (Å²) in [4.78, 5) is 39.4. The second-order valence-electron chi connectivity index (χ2n) is 13.3. The van der Waals surface area contributed by atoms with Gasteiger partial charge in [0.1, 0.15) is 0 Å². The number of methoxy groups -OCH3 is 2. The molecule has 0 radical (unpaired) electrons. The minimum atomic E-state index is -2.56. The van der Waals surface area contributed by atoms with E-state index in [0.717, 1.165) is 50.9 Å². The minimum absolute atomic E-state index is 0.0246. The molecule has 4 heterocycles. The maximum absolute atomic E-state index is 14.3. The Labute approximate surface area is 301 Å². The second kappa shape index (κ2) is 16.4. The number of fused-ring (bicyclic) bond motifs is 4. The van der Waals surface area contributed by atoms with E-state index < -0.39 is 7.14 Å². The molecular weight excluding hydrogens is 696 g/mol. The summed E-state index contributed by atoms with van der Waals surface area (Å²) in [6.07, 6.45) is 13.3. The third kappa shape index (κ3) is 8.26. The molecule has 50 heavy (non-hydrogen) atoms. The lowest BCUT2D eigenvalue weighted by atomic mass is 10.1. The van der Waals surface area contributed by atoms with Gasteiger partial charge in [-0.25, -0.2) is 0 Å². The molecule has 2 saturated heterocycles. The Hall–Kier alpha value is -3.28. The fraction of sp³-hybridized carbons (Fsp3) is 0.556. The van der Waals surface area contributed by atoms with E-state index in [-0.39, 0.29) is 33.4 Å². The van der Waals surface area contributed by atoms with Gasteiger partial charge in [-0.05, 0) is 69.1 Å². The summed E-state index contributed by atoms with van der Waals surface area (Å²) in [6, 6.07) is 7.04. The van der Waals surface area contributed by atoms with E-state index in [2.05, 4.69) is 9.98 Å². The van der Waals surface area contributed by atoms with E-state index >= 15 is 0 Å². The van der Waals surface area contributed by atoms with Crippen molar-refractivity contribution in [2.24, 2.45) is 9.98 Å². The molecule has 0 aliphatic carbocycles. The molecule has 6 rings (SSSR count). The third-order valence-electron chi connectivity index (χ3n) is 9.85. The van der Waals surface area contributed by atoms with Gasteiger partial charge in [-0.1, -0.05) is 11.2 Å². The number of rotatable bonds is 16. The number of ether oxygens (including phenoxy) is 4. The highest BCUT2D eigenvalue weighted by molar-refractivity contribution is 8.28. The van der Waals surface area contributed by atoms with Gasteiger partial charge < -0.3 is 33.3 Å². The van der Waals surface area contributed by atoms with Crippen molar-refractivity contribution in [3.8, 4) is 23.0 Å². The lowest BCUT2D eigenvalue weighted by Crippen LogP contribution is -2.35. The quantitative estimate of drug-likeness (QED) is 0.151. The standard InChI is InChI=1S/C36H47N4O7PS2/c1-44-31-19-27-29(37-23-25-9-4-11-39(25)35(27)41)21-33(31)46-13-6-15-48(43,17-8-18-50(3)49)16-7-14-47-34-22-30-28(20-32(34)45-2)36(42)40-12-5-10-26(40)24-38-30/h19-26H,4-18H2,1-3H3/t25-,26-,50?/m0/s1. The topological polar surface area (TPSA) is 119 Å². The summed E-state index contributed by atoms with van der Waals surface area (Å²) in [7, 11) is 0.439. The van der Waals surface area contributed by atoms with Gasteiger partial charge in [-0.15, -0.1) is 9.45 Å². The summed E-state index contributed by atoms with van der Waals surface area (Å²) in [5, 5.41) is 0. The summed E-state index contributed by atoms with van der Waals surface area (Å²) < 4.78 is 37.8. The first kappa shape index (κ1) is 36.5. The zero-order valence-corrected chi connectivity index (χ0v) is 31.7. The van der Waals surface area contributed by atoms with Crippen LogP contribution in [-0.4, -0.2) is 117 Å². The molecule has 4 aliphatic rings. The molecule has 0 N–H and O–H groups in total. The normalized spacial score (nSPS) is 20.1. The van der Waals surface area contributed by atoms with Crippen LogP contribution in [0.1, 0.15) is 65.7 Å². The molecule has 1 unspecified atom stereocenters. The van der Waals surface area contributed by atoms with Crippen LogP contribution in [0.5, 0.6) is 23.0 Å². The number of hydrogen-bond donors (Lipinski definition) is 0. The van der Waals surface area contributed by atoms with Crippen LogP contribution in [0.4, 0.5) is 11.4 Å². The van der Waals surface area contributed by atoms with Crippen molar-refractivity contribution >= 4 is 63.4 Å². The Morgan fingerprint density at radius 2 is 1.22 bits per heavy atom. The smallest absolute Gasteiger partial charge is 0.256 e. The second-order valence-corrected chi connectivity index (χ2v) is 20.0. The van der Waals surface area contributed by atoms with Gasteiger partial charge in [0, 0.05) is 56.1 Å². The van der Waals surface area contributed by atoms with Crippen molar-refractivity contribution in [2.75, 3.05) is 71.0 Å². The summed E-state index contributed by atoms with van der Waals surface area (Å²) in [5.74, 6) is 2.80. The first-order valence-electron chi connectivity index (χ1n) is 17.5. The largest absolute Gasteiger partial charge is 0.493 e. The van der Waals surface area contributed by atoms with Crippen LogP contribution in [0.15, 0.2) is 34.3 Å². The molecule has 2 fully saturated rings. The van der Waals surface area contributed by atoms with Crippen LogP contribution < -0.4 is 18.9 Å². The molecule has 270 valence electrons. The van der Waals surface area contributed by atoms with Crippen LogP contribution in [0, 0.1) is 0 Å². The molecule has 4 aliphatic heterocycles. The molecule has 2 aromatic rings. The Bertz CT molecular complexity index is 1620. The number of carbonyl (C=O) groups excluding carboxylic acids is 2. The van der Waals surface area contributed by atoms with Crippen molar-refractivity contribution in [3.63, 3.8) is 0 Å². The predicted molar refractivity (Wildman–Crippen MR) is 203 cm³/mol. The van der Waals surface area contributed by atoms with Gasteiger partial charge in [-0.2, -0.15) is 0 Å². The SMILES string of the molecule is COc1cc2c(cc1OCCCP(=O)(CCCOc1cc3c(cc1OC)C(=O)N1CCC[C@H]1C=N3)CCCS(C)=S)N=C[C@@H]1CCCN1C2=O. The van der Waals surface area contributed by atoms with Crippen molar-refractivity contribution < 1.29 is 33.1 Å². The molecule has 0 spiro atoms. The molecule has 3 atom stereocenters. The summed E-state index contributed by atoms with van der Waals surface area (Å²) in [5.41, 5.74) is 2.19. The maximum Gasteiger partial charge on any atom is 0.256 e. The van der Waals surface area contributed by atoms with E-state index in [4.69, 9.17) is 30.1 Å². The van der Waals surface area contributed by atoms with Crippen molar-refractivity contribution in [1.29, 1.82) is 0 Å². The van der Waals surface area contributed by atoms with Gasteiger partial charge in [0.25, 0.3) is 11.8 Å². The fourth-order valence-corrected chi connectivity index (χ4v) is 11.1. The molecule has 2 aromatic carbocycles. The molecule has 11 nitrogen and oxygen atoms in total. The van der Waals surface area contributed by atoms with Gasteiger partial charge in [-0.3, -0.25) is 19.6 Å². The Kier molecular flexibility index (Phi) is 12.0. The third-order valence-corrected chi connectivity index (χ3v) is 14.6. The molecule has 0 saturated carbocycles. The molecule has 2 amide bonds. The zero-order chi connectivity index (χ0) is 35.3. The van der Waals surface area contributed by atoms with E-state index in [1.807, 2.05) is 28.5 Å². The number of hydrogen-bond acceptors (Lipinski definition) is 10. The van der Waals surface area contributed by atoms with Gasteiger partial charge >= 0.3 is 0 Å². The monoisotopic (exact) mass is 742 g/mol. The predicted octanol–water partition coefficient (Wildman–Crippen LogP) is 6.05. The van der Waals surface area contributed by atoms with Gasteiger partial charge in [0.05, 0.1) is 69.2 Å². The van der Waals surface area contributed by atoms with Gasteiger partial charge in [0.2, 0.25) is 0 Å². The van der Waals surface area contributed by atoms with Crippen molar-refractivity contribution in [2.45, 2.75) is 57.0 Å². The van der Waals surface area contributed by atoms with E-state index in [1.54, 1.807) is 38.5 Å². The van der Waals surface area contributed by atoms with Crippen molar-refractivity contribution in [1.82, 2.24) is 9.80 Å². The minimum Gasteiger partial charge on any atom is -0.493 e. The highest BCUT2D eigenvalue weighted by Crippen LogP contribution is 2.48. The number of nitrogens with zero attached hydrogens (tertiary/aromatic N) is 4. The highest BCUT2D eigenvalue weighted by Gasteiger charge is 2.34. The zero-order valence-electron chi connectivity index (χ0n) is 29.1. The summed E-state index contributed by atoms with van der Waals surface area (Å²) in [6.45, 7) is 2.16. The van der Waals surface area contributed by atoms with Gasteiger partial charge in [0.15, 0.2) is 23.0 Å². The average Bonchev–Trinajstić information content (AvgIpc) is 3.74. The average molecular weight is 743 g/mol. The number of carbonyl (C=O) groups is 2. The van der Waals surface area contributed by atoms with Crippen LogP contribution in [0.25, 0.3) is 0 Å². The Balaban J connectivity index is 1.06. The molecule has 0 aromatic heterocycles. The molecular formula is C36H47N4O7PS2. The first-order valence-corrected chi connectivity index (χ1v) is 22.5. The van der Waals surface area contributed by atoms with Crippen LogP contribution in [0.3, 0.4) is 0 Å². The Morgan fingerprint density at radius 3 is 1.66 bits per heavy atom. The lowest BCUT2D eigenvalue weighted by Gasteiger charge is -2.21. The van der Waals surface area contributed by atoms with E-state index in [9.17, 15) is 14.2 Å².